The Balaban J connectivity index is 2.23. The van der Waals surface area contributed by atoms with Gasteiger partial charge in [0.25, 0.3) is 0 Å². The fourth-order valence-corrected chi connectivity index (χ4v) is 1.85. The van der Waals surface area contributed by atoms with Gasteiger partial charge in [-0.1, -0.05) is 0 Å². The molecule has 0 fully saturated rings. The largest absolute Gasteiger partial charge is 0.458 e. The molecule has 0 aliphatic carbocycles. The van der Waals surface area contributed by atoms with Crippen LogP contribution in [0.3, 0.4) is 0 Å². The number of rotatable bonds is 0. The summed E-state index contributed by atoms with van der Waals surface area (Å²) in [6, 6.07) is 4.07. The molecule has 0 radical (unpaired) electrons. The van der Waals surface area contributed by atoms with Crippen molar-refractivity contribution in [2.24, 2.45) is 0 Å². The molecule has 2 aliphatic heterocycles. The summed E-state index contributed by atoms with van der Waals surface area (Å²) in [5.74, 6) is -1.81. The highest BCUT2D eigenvalue weighted by Crippen LogP contribution is 2.21. The summed E-state index contributed by atoms with van der Waals surface area (Å²) in [5, 5.41) is 0. The molecule has 3 rings (SSSR count). The number of carbonyl (C=O) groups excluding carboxylic acids is 3. The Hall–Kier alpha value is -2.37. The molecule has 6 heteroatoms. The minimum atomic E-state index is -0.771. The monoisotopic (exact) mass is 248 g/mol. The molecule has 92 valence electrons. The molecule has 6 nitrogen and oxygen atoms in total. The highest BCUT2D eigenvalue weighted by atomic mass is 16.6. The average molecular weight is 248 g/mol. The van der Waals surface area contributed by atoms with E-state index in [0.29, 0.717) is 0 Å². The number of esters is 3. The number of ether oxygens (including phenoxy) is 3. The predicted octanol–water partition coefficient (Wildman–Crippen LogP) is 0.553. The molecule has 0 saturated carbocycles. The number of carbonyl (C=O) groups is 3. The van der Waals surface area contributed by atoms with Crippen LogP contribution in [0.15, 0.2) is 18.2 Å². The van der Waals surface area contributed by atoms with E-state index in [0.717, 1.165) is 0 Å². The number of hydrogen-bond acceptors (Lipinski definition) is 6. The third kappa shape index (κ3) is 1.62. The van der Waals surface area contributed by atoms with Crippen LogP contribution in [0, 0.1) is 0 Å². The summed E-state index contributed by atoms with van der Waals surface area (Å²) in [4.78, 5) is 35.2. The molecular weight excluding hydrogens is 240 g/mol. The molecular formula is C12H8O6. The average Bonchev–Trinajstić information content (AvgIpc) is 2.40. The van der Waals surface area contributed by atoms with Gasteiger partial charge >= 0.3 is 17.9 Å². The number of benzene rings is 1. The second-order valence-electron chi connectivity index (χ2n) is 3.98. The van der Waals surface area contributed by atoms with Crippen molar-refractivity contribution in [1.29, 1.82) is 0 Å². The molecule has 2 aliphatic rings. The first kappa shape index (κ1) is 10.8. The van der Waals surface area contributed by atoms with Crippen LogP contribution in [0.5, 0.6) is 0 Å². The van der Waals surface area contributed by atoms with Crippen LogP contribution in [0.25, 0.3) is 0 Å². The quantitative estimate of drug-likeness (QED) is 0.493. The van der Waals surface area contributed by atoms with Crippen LogP contribution in [-0.2, 0) is 14.2 Å². The molecule has 18 heavy (non-hydrogen) atoms. The normalized spacial score (nSPS) is 22.0. The second-order valence-corrected chi connectivity index (χ2v) is 3.98. The van der Waals surface area contributed by atoms with E-state index in [1.807, 2.05) is 0 Å². The Kier molecular flexibility index (Phi) is 2.29. The van der Waals surface area contributed by atoms with E-state index in [9.17, 15) is 14.4 Å². The molecule has 0 aromatic heterocycles. The number of hydrogen-bond donors (Lipinski definition) is 0. The number of fused-ring (bicyclic) bond motifs is 3. The van der Waals surface area contributed by atoms with Gasteiger partial charge < -0.3 is 14.2 Å². The summed E-state index contributed by atoms with van der Waals surface area (Å²) >= 11 is 0. The van der Waals surface area contributed by atoms with Crippen LogP contribution in [-0.4, -0.2) is 37.2 Å². The van der Waals surface area contributed by atoms with Gasteiger partial charge in [0.05, 0.1) is 16.7 Å². The maximum absolute atomic E-state index is 11.9. The third-order valence-electron chi connectivity index (χ3n) is 2.77. The van der Waals surface area contributed by atoms with Crippen LogP contribution in [0.4, 0.5) is 0 Å². The lowest BCUT2D eigenvalue weighted by Gasteiger charge is -2.19. The first-order chi connectivity index (χ1) is 8.65. The van der Waals surface area contributed by atoms with Crippen molar-refractivity contribution < 1.29 is 28.6 Å². The maximum atomic E-state index is 11.9. The first-order valence-electron chi connectivity index (χ1n) is 5.34. The Morgan fingerprint density at radius 2 is 1.61 bits per heavy atom. The molecule has 1 unspecified atom stereocenters. The molecule has 0 saturated heterocycles. The molecule has 1 atom stereocenters. The molecule has 0 N–H and O–H groups in total. The molecule has 1 aromatic carbocycles. The molecule has 0 amide bonds. The lowest BCUT2D eigenvalue weighted by molar-refractivity contribution is -0.0271. The van der Waals surface area contributed by atoms with Gasteiger partial charge in [0.1, 0.15) is 13.2 Å². The van der Waals surface area contributed by atoms with Crippen LogP contribution in [0.1, 0.15) is 31.1 Å². The fraction of sp³-hybridized carbons (Fsp3) is 0.250. The van der Waals surface area contributed by atoms with E-state index in [1.165, 1.54) is 18.2 Å². The van der Waals surface area contributed by atoms with Crippen LogP contribution in [0.2, 0.25) is 0 Å². The molecule has 3 bridgehead atoms. The predicted molar refractivity (Wildman–Crippen MR) is 56.2 cm³/mol. The van der Waals surface area contributed by atoms with Gasteiger partial charge in [-0.3, -0.25) is 0 Å². The third-order valence-corrected chi connectivity index (χ3v) is 2.77. The van der Waals surface area contributed by atoms with Crippen molar-refractivity contribution >= 4 is 17.9 Å². The fourth-order valence-electron chi connectivity index (χ4n) is 1.85. The smallest absolute Gasteiger partial charge is 0.339 e. The Labute approximate surface area is 101 Å². The highest BCUT2D eigenvalue weighted by Gasteiger charge is 2.30. The summed E-state index contributed by atoms with van der Waals surface area (Å²) < 4.78 is 15.0. The summed E-state index contributed by atoms with van der Waals surface area (Å²) in [6.07, 6.45) is -0.771. The minimum absolute atomic E-state index is 0.0288. The van der Waals surface area contributed by atoms with Crippen molar-refractivity contribution in [3.63, 3.8) is 0 Å². The SMILES string of the molecule is O=C1OCC2COC(=O)c3ccc1cc3C(=O)O2. The zero-order valence-electron chi connectivity index (χ0n) is 9.17. The molecule has 1 aromatic rings. The topological polar surface area (TPSA) is 78.9 Å². The standard InChI is InChI=1S/C12H8O6/c13-10-6-1-2-8-9(3-6)12(15)18-7(4-16-10)5-17-11(8)14/h1-3,7H,4-5H2. The van der Waals surface area contributed by atoms with Gasteiger partial charge in [-0.2, -0.15) is 0 Å². The van der Waals surface area contributed by atoms with Crippen molar-refractivity contribution in [3.05, 3.63) is 34.9 Å². The lowest BCUT2D eigenvalue weighted by Crippen LogP contribution is -2.32. The maximum Gasteiger partial charge on any atom is 0.339 e. The second kappa shape index (κ2) is 3.83. The van der Waals surface area contributed by atoms with Crippen molar-refractivity contribution in [2.45, 2.75) is 6.10 Å². The first-order valence-corrected chi connectivity index (χ1v) is 5.34. The van der Waals surface area contributed by atoms with E-state index in [-0.39, 0.29) is 29.9 Å². The Morgan fingerprint density at radius 3 is 2.39 bits per heavy atom. The van der Waals surface area contributed by atoms with E-state index in [1.54, 1.807) is 0 Å². The van der Waals surface area contributed by atoms with Gasteiger partial charge in [0, 0.05) is 0 Å². The summed E-state index contributed by atoms with van der Waals surface area (Å²) in [5.41, 5.74) is 0.332. The van der Waals surface area contributed by atoms with Gasteiger partial charge in [-0.15, -0.1) is 0 Å². The van der Waals surface area contributed by atoms with E-state index < -0.39 is 24.0 Å². The van der Waals surface area contributed by atoms with Gasteiger partial charge in [0.2, 0.25) is 0 Å². The Morgan fingerprint density at radius 1 is 0.889 bits per heavy atom. The lowest BCUT2D eigenvalue weighted by atomic mass is 10.0. The van der Waals surface area contributed by atoms with Gasteiger partial charge in [0.15, 0.2) is 6.10 Å². The van der Waals surface area contributed by atoms with Gasteiger partial charge in [-0.05, 0) is 18.2 Å². The molecule has 2 heterocycles. The summed E-state index contributed by atoms with van der Waals surface area (Å²) in [6.45, 7) is -0.260. The van der Waals surface area contributed by atoms with Crippen molar-refractivity contribution in [1.82, 2.24) is 0 Å². The van der Waals surface area contributed by atoms with E-state index >= 15 is 0 Å². The minimum Gasteiger partial charge on any atom is -0.458 e. The summed E-state index contributed by atoms with van der Waals surface area (Å²) in [7, 11) is 0. The van der Waals surface area contributed by atoms with Crippen molar-refractivity contribution in [3.8, 4) is 0 Å². The zero-order valence-corrected chi connectivity index (χ0v) is 9.17. The zero-order chi connectivity index (χ0) is 12.7. The number of cyclic esters (lactones) is 2. The highest BCUT2D eigenvalue weighted by molar-refractivity contribution is 6.05. The van der Waals surface area contributed by atoms with Crippen molar-refractivity contribution in [2.75, 3.05) is 13.2 Å². The van der Waals surface area contributed by atoms with Crippen LogP contribution >= 0.6 is 0 Å². The Bertz CT molecular complexity index is 562. The van der Waals surface area contributed by atoms with E-state index in [4.69, 9.17) is 14.2 Å². The van der Waals surface area contributed by atoms with Crippen LogP contribution < -0.4 is 0 Å². The van der Waals surface area contributed by atoms with Gasteiger partial charge in [-0.25, -0.2) is 14.4 Å². The molecule has 0 spiro atoms. The van der Waals surface area contributed by atoms with E-state index in [2.05, 4.69) is 0 Å².